The Balaban J connectivity index is 0.000000445. The number of hydrogen-bond acceptors (Lipinski definition) is 5. The molecule has 0 saturated heterocycles. The highest BCUT2D eigenvalue weighted by atomic mass is 35.5. The molecule has 0 radical (unpaired) electrons. The minimum Gasteiger partial charge on any atom is -0.491 e. The molecule has 5 N–H and O–H groups in total. The molecular formula is C16H21ClF4N2O4. The average molecular weight is 417 g/mol. The summed E-state index contributed by atoms with van der Waals surface area (Å²) in [4.78, 5) is 8.90. The zero-order chi connectivity index (χ0) is 20.6. The monoisotopic (exact) mass is 416 g/mol. The van der Waals surface area contributed by atoms with E-state index in [1.54, 1.807) is 6.07 Å². The number of aliphatic carboxylic acids is 1. The Labute approximate surface area is 158 Å². The number of carbonyl (C=O) groups is 1. The fourth-order valence-corrected chi connectivity index (χ4v) is 2.44. The maximum Gasteiger partial charge on any atom is 0.490 e. The zero-order valence-corrected chi connectivity index (χ0v) is 14.9. The smallest absolute Gasteiger partial charge is 0.490 e. The van der Waals surface area contributed by atoms with Crippen LogP contribution in [0.3, 0.4) is 0 Å². The van der Waals surface area contributed by atoms with Crippen molar-refractivity contribution >= 4 is 17.6 Å². The first-order valence-electron chi connectivity index (χ1n) is 8.04. The van der Waals surface area contributed by atoms with Crippen molar-refractivity contribution < 1.29 is 37.3 Å². The average Bonchev–Trinajstić information content (AvgIpc) is 2.99. The Morgan fingerprint density at radius 1 is 1.41 bits per heavy atom. The molecule has 6 nitrogen and oxygen atoms in total. The summed E-state index contributed by atoms with van der Waals surface area (Å²) < 4.78 is 50.3. The van der Waals surface area contributed by atoms with Crippen LogP contribution in [0.5, 0.6) is 5.75 Å². The molecule has 1 unspecified atom stereocenters. The van der Waals surface area contributed by atoms with Crippen LogP contribution in [0.25, 0.3) is 0 Å². The van der Waals surface area contributed by atoms with Gasteiger partial charge in [-0.2, -0.15) is 13.2 Å². The van der Waals surface area contributed by atoms with Crippen molar-refractivity contribution in [1.29, 1.82) is 0 Å². The van der Waals surface area contributed by atoms with E-state index < -0.39 is 24.1 Å². The third-order valence-electron chi connectivity index (χ3n) is 3.69. The maximum atomic E-state index is 13.2. The van der Waals surface area contributed by atoms with Gasteiger partial charge >= 0.3 is 12.1 Å². The van der Waals surface area contributed by atoms with Gasteiger partial charge in [0.2, 0.25) is 0 Å². The molecule has 27 heavy (non-hydrogen) atoms. The molecule has 1 fully saturated rings. The largest absolute Gasteiger partial charge is 0.491 e. The van der Waals surface area contributed by atoms with E-state index in [2.05, 4.69) is 5.32 Å². The minimum atomic E-state index is -5.08. The lowest BCUT2D eigenvalue weighted by atomic mass is 10.2. The molecule has 0 aliphatic heterocycles. The lowest BCUT2D eigenvalue weighted by Gasteiger charge is -2.17. The lowest BCUT2D eigenvalue weighted by molar-refractivity contribution is -0.192. The van der Waals surface area contributed by atoms with E-state index in [9.17, 15) is 22.7 Å². The fraction of sp³-hybridized carbons (Fsp3) is 0.562. The molecule has 1 saturated carbocycles. The molecule has 0 aromatic heterocycles. The molecule has 2 rings (SSSR count). The number of alkyl halides is 3. The van der Waals surface area contributed by atoms with E-state index in [-0.39, 0.29) is 17.7 Å². The number of nitrogens with two attached hydrogens (primary N) is 1. The second kappa shape index (κ2) is 10.6. The number of halogens is 5. The Morgan fingerprint density at radius 2 is 2.04 bits per heavy atom. The number of ether oxygens (including phenoxy) is 1. The number of nitrogens with one attached hydrogen (secondary N) is 1. The molecule has 0 amide bonds. The molecule has 11 heteroatoms. The summed E-state index contributed by atoms with van der Waals surface area (Å²) in [5.41, 5.74) is 5.82. The van der Waals surface area contributed by atoms with Crippen LogP contribution in [0.15, 0.2) is 18.2 Å². The van der Waals surface area contributed by atoms with Crippen LogP contribution >= 0.6 is 11.6 Å². The van der Waals surface area contributed by atoms with E-state index in [1.165, 1.54) is 12.1 Å². The number of aliphatic hydroxyl groups is 1. The van der Waals surface area contributed by atoms with Gasteiger partial charge in [0.25, 0.3) is 0 Å². The third-order valence-corrected chi connectivity index (χ3v) is 4.00. The number of aliphatic hydroxyl groups excluding tert-OH is 1. The van der Waals surface area contributed by atoms with Gasteiger partial charge in [0.05, 0.1) is 5.02 Å². The summed E-state index contributed by atoms with van der Waals surface area (Å²) in [6.45, 7) is 0.542. The quantitative estimate of drug-likeness (QED) is 0.530. The summed E-state index contributed by atoms with van der Waals surface area (Å²) in [7, 11) is 0. The molecular weight excluding hydrogens is 396 g/mol. The molecule has 0 spiro atoms. The third kappa shape index (κ3) is 9.23. The first-order chi connectivity index (χ1) is 12.5. The Morgan fingerprint density at radius 3 is 2.52 bits per heavy atom. The molecule has 0 bridgehead atoms. The maximum absolute atomic E-state index is 13.2. The molecule has 1 aliphatic carbocycles. The molecule has 1 aliphatic rings. The van der Waals surface area contributed by atoms with Crippen LogP contribution in [0.2, 0.25) is 5.02 Å². The van der Waals surface area contributed by atoms with Gasteiger partial charge < -0.3 is 26.0 Å². The van der Waals surface area contributed by atoms with E-state index in [0.29, 0.717) is 18.3 Å². The zero-order valence-electron chi connectivity index (χ0n) is 14.2. The van der Waals surface area contributed by atoms with Crippen LogP contribution in [0, 0.1) is 5.82 Å². The number of carboxylic acid groups (broad SMARTS) is 1. The van der Waals surface area contributed by atoms with Crippen LogP contribution in [-0.2, 0) is 4.79 Å². The minimum absolute atomic E-state index is 0.0529. The lowest BCUT2D eigenvalue weighted by Crippen LogP contribution is -2.37. The number of hydrogen-bond donors (Lipinski definition) is 4. The SMILES string of the molecule is N[C@H]1CC[C@H](NCC(O)COc2ccc(Cl)c(F)c2)C1.O=C(O)C(F)(F)F. The van der Waals surface area contributed by atoms with E-state index >= 15 is 0 Å². The van der Waals surface area contributed by atoms with Crippen molar-refractivity contribution in [2.75, 3.05) is 13.2 Å². The highest BCUT2D eigenvalue weighted by Crippen LogP contribution is 2.20. The summed E-state index contributed by atoms with van der Waals surface area (Å²) in [5, 5.41) is 20.3. The summed E-state index contributed by atoms with van der Waals surface area (Å²) in [5.74, 6) is -2.93. The van der Waals surface area contributed by atoms with Crippen LogP contribution in [0.4, 0.5) is 17.6 Å². The number of carboxylic acids is 1. The molecule has 154 valence electrons. The van der Waals surface area contributed by atoms with Crippen molar-refractivity contribution in [3.05, 3.63) is 29.0 Å². The molecule has 1 aromatic rings. The topological polar surface area (TPSA) is 105 Å². The second-order valence-electron chi connectivity index (χ2n) is 6.02. The van der Waals surface area contributed by atoms with Gasteiger partial charge in [-0.05, 0) is 31.4 Å². The van der Waals surface area contributed by atoms with Crippen LogP contribution in [-0.4, -0.2) is 53.7 Å². The molecule has 0 heterocycles. The van der Waals surface area contributed by atoms with Gasteiger partial charge in [0.15, 0.2) is 0 Å². The van der Waals surface area contributed by atoms with Crippen molar-refractivity contribution in [3.8, 4) is 5.75 Å². The normalized spacial score (nSPS) is 20.6. The van der Waals surface area contributed by atoms with Crippen LogP contribution < -0.4 is 15.8 Å². The van der Waals surface area contributed by atoms with Gasteiger partial charge in [-0.15, -0.1) is 0 Å². The van der Waals surface area contributed by atoms with Crippen molar-refractivity contribution in [2.24, 2.45) is 5.73 Å². The Bertz CT molecular complexity index is 619. The molecule has 3 atom stereocenters. The van der Waals surface area contributed by atoms with Crippen LogP contribution in [0.1, 0.15) is 19.3 Å². The van der Waals surface area contributed by atoms with Gasteiger partial charge in [-0.25, -0.2) is 9.18 Å². The van der Waals surface area contributed by atoms with E-state index in [0.717, 1.165) is 19.3 Å². The van der Waals surface area contributed by atoms with E-state index in [4.69, 9.17) is 32.0 Å². The van der Waals surface area contributed by atoms with E-state index in [1.807, 2.05) is 0 Å². The highest BCUT2D eigenvalue weighted by Gasteiger charge is 2.38. The van der Waals surface area contributed by atoms with Gasteiger partial charge in [-0.3, -0.25) is 0 Å². The van der Waals surface area contributed by atoms with Crippen molar-refractivity contribution in [1.82, 2.24) is 5.32 Å². The second-order valence-corrected chi connectivity index (χ2v) is 6.43. The summed E-state index contributed by atoms with van der Waals surface area (Å²) in [6, 6.07) is 4.84. The Hall–Kier alpha value is -1.62. The van der Waals surface area contributed by atoms with Gasteiger partial charge in [-0.1, -0.05) is 11.6 Å². The first kappa shape index (κ1) is 23.4. The van der Waals surface area contributed by atoms with Crippen molar-refractivity contribution in [2.45, 2.75) is 43.6 Å². The standard InChI is InChI=1S/C14H20ClFN2O2.C2HF3O2/c15-13-4-3-12(6-14(13)16)20-8-11(19)7-18-10-2-1-9(17)5-10;3-2(4,5)1(6)7/h3-4,6,9-11,18-19H,1-2,5,7-8,17H2;(H,6,7)/t9-,10-,11?;/m0./s1. The number of rotatable bonds is 6. The predicted molar refractivity (Wildman–Crippen MR) is 90.2 cm³/mol. The first-order valence-corrected chi connectivity index (χ1v) is 8.41. The van der Waals surface area contributed by atoms with Gasteiger partial charge in [0, 0.05) is 24.7 Å². The fourth-order valence-electron chi connectivity index (χ4n) is 2.32. The van der Waals surface area contributed by atoms with Crippen molar-refractivity contribution in [3.63, 3.8) is 0 Å². The molecule has 1 aromatic carbocycles. The predicted octanol–water partition coefficient (Wildman–Crippen LogP) is 2.32. The highest BCUT2D eigenvalue weighted by molar-refractivity contribution is 6.30. The Kier molecular flexibility index (Phi) is 9.23. The number of benzene rings is 1. The summed E-state index contributed by atoms with van der Waals surface area (Å²) >= 11 is 5.58. The summed E-state index contributed by atoms with van der Waals surface area (Å²) in [6.07, 6.45) is -2.73. The van der Waals surface area contributed by atoms with Gasteiger partial charge in [0.1, 0.15) is 24.3 Å².